The van der Waals surface area contributed by atoms with Crippen LogP contribution >= 0.6 is 0 Å². The summed E-state index contributed by atoms with van der Waals surface area (Å²) in [6.45, 7) is 1.01. The highest BCUT2D eigenvalue weighted by Gasteiger charge is 2.20. The summed E-state index contributed by atoms with van der Waals surface area (Å²) in [6.07, 6.45) is 5.86. The minimum absolute atomic E-state index is 0.115. The lowest BCUT2D eigenvalue weighted by atomic mass is 10.1. The van der Waals surface area contributed by atoms with E-state index in [4.69, 9.17) is 0 Å². The number of rotatable bonds is 2. The zero-order chi connectivity index (χ0) is 11.4. The SMILES string of the molecule is OCC1CCCCCN1c1ccnc(F)c1. The van der Waals surface area contributed by atoms with Crippen molar-refractivity contribution in [3.63, 3.8) is 0 Å². The van der Waals surface area contributed by atoms with Crippen LogP contribution in [0.2, 0.25) is 0 Å². The van der Waals surface area contributed by atoms with Crippen molar-refractivity contribution in [3.8, 4) is 0 Å². The van der Waals surface area contributed by atoms with Gasteiger partial charge in [0.2, 0.25) is 5.95 Å². The summed E-state index contributed by atoms with van der Waals surface area (Å²) in [4.78, 5) is 5.65. The molecule has 16 heavy (non-hydrogen) atoms. The molecule has 1 aliphatic rings. The molecule has 0 amide bonds. The van der Waals surface area contributed by atoms with E-state index < -0.39 is 5.95 Å². The molecule has 2 rings (SSSR count). The summed E-state index contributed by atoms with van der Waals surface area (Å²) in [5, 5.41) is 9.37. The smallest absolute Gasteiger partial charge is 0.214 e. The van der Waals surface area contributed by atoms with Crippen LogP contribution in [-0.2, 0) is 0 Å². The van der Waals surface area contributed by atoms with Crippen LogP contribution in [0.25, 0.3) is 0 Å². The minimum Gasteiger partial charge on any atom is -0.394 e. The maximum Gasteiger partial charge on any atom is 0.214 e. The Kier molecular flexibility index (Phi) is 3.72. The van der Waals surface area contributed by atoms with Crippen molar-refractivity contribution in [1.82, 2.24) is 4.98 Å². The largest absolute Gasteiger partial charge is 0.394 e. The van der Waals surface area contributed by atoms with Gasteiger partial charge in [-0.05, 0) is 18.9 Å². The van der Waals surface area contributed by atoms with Crippen LogP contribution in [0, 0.1) is 5.95 Å². The highest BCUT2D eigenvalue weighted by Crippen LogP contribution is 2.23. The van der Waals surface area contributed by atoms with Crippen LogP contribution in [0.5, 0.6) is 0 Å². The van der Waals surface area contributed by atoms with Crippen molar-refractivity contribution < 1.29 is 9.50 Å². The average molecular weight is 224 g/mol. The maximum absolute atomic E-state index is 13.1. The minimum atomic E-state index is -0.460. The number of aromatic nitrogens is 1. The van der Waals surface area contributed by atoms with Gasteiger partial charge in [0, 0.05) is 24.5 Å². The Hall–Kier alpha value is -1.16. The highest BCUT2D eigenvalue weighted by molar-refractivity contribution is 5.46. The molecular weight excluding hydrogens is 207 g/mol. The Morgan fingerprint density at radius 1 is 1.44 bits per heavy atom. The quantitative estimate of drug-likeness (QED) is 0.780. The van der Waals surface area contributed by atoms with Crippen molar-refractivity contribution in [3.05, 3.63) is 24.3 Å². The van der Waals surface area contributed by atoms with Gasteiger partial charge in [0.05, 0.1) is 12.6 Å². The van der Waals surface area contributed by atoms with Gasteiger partial charge in [-0.2, -0.15) is 4.39 Å². The number of pyridine rings is 1. The van der Waals surface area contributed by atoms with Gasteiger partial charge >= 0.3 is 0 Å². The summed E-state index contributed by atoms with van der Waals surface area (Å²) in [6, 6.07) is 3.36. The Bertz CT molecular complexity index is 346. The van der Waals surface area contributed by atoms with E-state index in [0.717, 1.165) is 31.5 Å². The third-order valence-corrected chi connectivity index (χ3v) is 3.13. The van der Waals surface area contributed by atoms with E-state index in [1.807, 2.05) is 0 Å². The van der Waals surface area contributed by atoms with Gasteiger partial charge in [-0.15, -0.1) is 0 Å². The third kappa shape index (κ3) is 2.50. The molecule has 1 unspecified atom stereocenters. The fourth-order valence-corrected chi connectivity index (χ4v) is 2.28. The molecule has 2 heterocycles. The number of hydrogen-bond acceptors (Lipinski definition) is 3. The Balaban J connectivity index is 2.21. The predicted octanol–water partition coefficient (Wildman–Crippen LogP) is 1.96. The summed E-state index contributed by atoms with van der Waals surface area (Å²) in [5.41, 5.74) is 0.827. The normalized spacial score (nSPS) is 21.9. The molecule has 0 aliphatic carbocycles. The van der Waals surface area contributed by atoms with Crippen molar-refractivity contribution >= 4 is 5.69 Å². The number of anilines is 1. The highest BCUT2D eigenvalue weighted by atomic mass is 19.1. The number of aliphatic hydroxyl groups excluding tert-OH is 1. The van der Waals surface area contributed by atoms with Gasteiger partial charge in [0.25, 0.3) is 0 Å². The van der Waals surface area contributed by atoms with Crippen LogP contribution in [-0.4, -0.2) is 29.3 Å². The fraction of sp³-hybridized carbons (Fsp3) is 0.583. The van der Waals surface area contributed by atoms with Crippen LogP contribution in [0.3, 0.4) is 0 Å². The van der Waals surface area contributed by atoms with Crippen LogP contribution in [0.15, 0.2) is 18.3 Å². The molecule has 1 atom stereocenters. The molecule has 1 aromatic heterocycles. The zero-order valence-corrected chi connectivity index (χ0v) is 9.27. The molecule has 0 bridgehead atoms. The first-order valence-corrected chi connectivity index (χ1v) is 5.80. The van der Waals surface area contributed by atoms with E-state index in [2.05, 4.69) is 9.88 Å². The van der Waals surface area contributed by atoms with Crippen molar-refractivity contribution in [2.45, 2.75) is 31.7 Å². The molecule has 3 nitrogen and oxygen atoms in total. The van der Waals surface area contributed by atoms with Crippen molar-refractivity contribution in [2.75, 3.05) is 18.1 Å². The molecule has 1 aromatic rings. The van der Waals surface area contributed by atoms with Gasteiger partial charge < -0.3 is 10.0 Å². The Morgan fingerprint density at radius 2 is 2.31 bits per heavy atom. The maximum atomic E-state index is 13.1. The first kappa shape index (κ1) is 11.3. The summed E-state index contributed by atoms with van der Waals surface area (Å²) in [7, 11) is 0. The number of nitrogens with zero attached hydrogens (tertiary/aromatic N) is 2. The number of aliphatic hydroxyl groups is 1. The molecule has 0 radical (unpaired) electrons. The second kappa shape index (κ2) is 5.25. The standard InChI is InChI=1S/C12H17FN2O/c13-12-8-10(5-6-14-12)15-7-3-1-2-4-11(15)9-16/h5-6,8,11,16H,1-4,7,9H2. The molecule has 88 valence electrons. The van der Waals surface area contributed by atoms with Crippen LogP contribution < -0.4 is 4.90 Å². The van der Waals surface area contributed by atoms with E-state index in [9.17, 15) is 9.50 Å². The first-order chi connectivity index (χ1) is 7.81. The molecule has 0 saturated carbocycles. The lowest BCUT2D eigenvalue weighted by Gasteiger charge is -2.30. The van der Waals surface area contributed by atoms with Gasteiger partial charge in [-0.3, -0.25) is 0 Å². The molecule has 1 aliphatic heterocycles. The predicted molar refractivity (Wildman–Crippen MR) is 60.9 cm³/mol. The molecule has 1 N–H and O–H groups in total. The van der Waals surface area contributed by atoms with Crippen molar-refractivity contribution in [1.29, 1.82) is 0 Å². The van der Waals surface area contributed by atoms with Crippen LogP contribution in [0.1, 0.15) is 25.7 Å². The van der Waals surface area contributed by atoms with E-state index in [1.165, 1.54) is 18.7 Å². The summed E-state index contributed by atoms with van der Waals surface area (Å²) >= 11 is 0. The van der Waals surface area contributed by atoms with Gasteiger partial charge in [0.1, 0.15) is 0 Å². The second-order valence-electron chi connectivity index (χ2n) is 4.22. The van der Waals surface area contributed by atoms with E-state index in [-0.39, 0.29) is 12.6 Å². The summed E-state index contributed by atoms with van der Waals surface area (Å²) in [5.74, 6) is -0.460. The fourth-order valence-electron chi connectivity index (χ4n) is 2.28. The van der Waals surface area contributed by atoms with Gasteiger partial charge in [-0.25, -0.2) is 4.98 Å². The number of hydrogen-bond donors (Lipinski definition) is 1. The van der Waals surface area contributed by atoms with Crippen LogP contribution in [0.4, 0.5) is 10.1 Å². The molecule has 4 heteroatoms. The van der Waals surface area contributed by atoms with E-state index in [1.54, 1.807) is 6.07 Å². The number of halogens is 1. The first-order valence-electron chi connectivity index (χ1n) is 5.80. The lowest BCUT2D eigenvalue weighted by Crippen LogP contribution is -2.37. The zero-order valence-electron chi connectivity index (χ0n) is 9.27. The van der Waals surface area contributed by atoms with Gasteiger partial charge in [-0.1, -0.05) is 12.8 Å². The van der Waals surface area contributed by atoms with Gasteiger partial charge in [0.15, 0.2) is 0 Å². The molecule has 0 aromatic carbocycles. The van der Waals surface area contributed by atoms with Crippen molar-refractivity contribution in [2.24, 2.45) is 0 Å². The third-order valence-electron chi connectivity index (χ3n) is 3.13. The molecule has 1 saturated heterocycles. The lowest BCUT2D eigenvalue weighted by molar-refractivity contribution is 0.255. The molecule has 0 spiro atoms. The molecular formula is C12H17FN2O. The second-order valence-corrected chi connectivity index (χ2v) is 4.22. The topological polar surface area (TPSA) is 36.4 Å². The Labute approximate surface area is 94.9 Å². The average Bonchev–Trinajstić information content (AvgIpc) is 2.53. The monoisotopic (exact) mass is 224 g/mol. The van der Waals surface area contributed by atoms with E-state index in [0.29, 0.717) is 0 Å². The Morgan fingerprint density at radius 3 is 3.06 bits per heavy atom. The molecule has 1 fully saturated rings. The summed E-state index contributed by atoms with van der Waals surface area (Å²) < 4.78 is 13.1. The van der Waals surface area contributed by atoms with E-state index >= 15 is 0 Å².